The van der Waals surface area contributed by atoms with Gasteiger partial charge < -0.3 is 10.8 Å². The van der Waals surface area contributed by atoms with E-state index in [1.165, 1.54) is 19.3 Å². The van der Waals surface area contributed by atoms with Gasteiger partial charge in [-0.2, -0.15) is 0 Å². The number of nitrogens with two attached hydrogens (primary N) is 1. The zero-order chi connectivity index (χ0) is 9.94. The average molecular weight is 187 g/mol. The van der Waals surface area contributed by atoms with Gasteiger partial charge in [-0.1, -0.05) is 32.1 Å². The summed E-state index contributed by atoms with van der Waals surface area (Å²) in [5.41, 5.74) is 5.36. The number of carboxylic acids is 1. The molecular weight excluding hydrogens is 166 g/mol. The third kappa shape index (κ3) is 11.4. The van der Waals surface area contributed by atoms with E-state index in [2.05, 4.69) is 0 Å². The second kappa shape index (κ2) is 9.52. The fraction of sp³-hybridized carbons (Fsp3) is 0.900. The van der Waals surface area contributed by atoms with E-state index < -0.39 is 5.97 Å². The molecule has 0 rings (SSSR count). The molecule has 0 aromatic rings. The predicted octanol–water partition coefficient (Wildman–Crippen LogP) is 2.15. The Morgan fingerprint density at radius 3 is 1.85 bits per heavy atom. The molecule has 0 unspecified atom stereocenters. The largest absolute Gasteiger partial charge is 0.481 e. The minimum absolute atomic E-state index is 0.322. The van der Waals surface area contributed by atoms with Gasteiger partial charge in [0.05, 0.1) is 0 Å². The summed E-state index contributed by atoms with van der Waals surface area (Å²) in [6.07, 6.45) is 8.16. The Bertz CT molecular complexity index is 126. The van der Waals surface area contributed by atoms with Crippen LogP contribution in [0.2, 0.25) is 0 Å². The lowest BCUT2D eigenvalue weighted by Crippen LogP contribution is -1.97. The molecule has 0 radical (unpaired) electrons. The highest BCUT2D eigenvalue weighted by Gasteiger charge is 1.95. The van der Waals surface area contributed by atoms with Crippen molar-refractivity contribution in [2.45, 2.75) is 51.4 Å². The maximum atomic E-state index is 10.2. The summed E-state index contributed by atoms with van der Waals surface area (Å²) in [4.78, 5) is 10.2. The summed E-state index contributed by atoms with van der Waals surface area (Å²) < 4.78 is 0. The molecule has 0 heterocycles. The van der Waals surface area contributed by atoms with E-state index in [9.17, 15) is 4.79 Å². The standard InChI is InChI=1S/C10H21NO2/c11-9-7-5-3-1-2-4-6-8-10(12)13/h1-9,11H2,(H,12,13). The zero-order valence-electron chi connectivity index (χ0n) is 8.30. The van der Waals surface area contributed by atoms with Crippen LogP contribution in [0.25, 0.3) is 0 Å². The van der Waals surface area contributed by atoms with Crippen LogP contribution < -0.4 is 5.73 Å². The number of carboxylic acid groups (broad SMARTS) is 1. The molecule has 0 aliphatic heterocycles. The molecule has 0 bridgehead atoms. The summed E-state index contributed by atoms with van der Waals surface area (Å²) in [5.74, 6) is -0.678. The molecule has 0 aliphatic rings. The molecule has 0 saturated carbocycles. The smallest absolute Gasteiger partial charge is 0.303 e. The highest BCUT2D eigenvalue weighted by atomic mass is 16.4. The van der Waals surface area contributed by atoms with Crippen LogP contribution in [-0.2, 0) is 4.79 Å². The van der Waals surface area contributed by atoms with Gasteiger partial charge in [-0.05, 0) is 19.4 Å². The van der Waals surface area contributed by atoms with Crippen molar-refractivity contribution in [2.75, 3.05) is 6.54 Å². The minimum atomic E-state index is -0.678. The highest BCUT2D eigenvalue weighted by Crippen LogP contribution is 2.07. The van der Waals surface area contributed by atoms with Crippen LogP contribution in [0.4, 0.5) is 0 Å². The molecule has 0 saturated heterocycles. The normalized spacial score (nSPS) is 10.2. The molecule has 3 nitrogen and oxygen atoms in total. The van der Waals surface area contributed by atoms with Crippen LogP contribution in [0.1, 0.15) is 51.4 Å². The van der Waals surface area contributed by atoms with E-state index in [-0.39, 0.29) is 0 Å². The summed E-state index contributed by atoms with van der Waals surface area (Å²) in [6, 6.07) is 0. The molecule has 0 atom stereocenters. The second-order valence-electron chi connectivity index (χ2n) is 3.41. The van der Waals surface area contributed by atoms with Crippen LogP contribution in [0.5, 0.6) is 0 Å². The molecule has 0 spiro atoms. The van der Waals surface area contributed by atoms with E-state index in [0.29, 0.717) is 6.42 Å². The molecule has 0 fully saturated rings. The SMILES string of the molecule is NCCCCCCCCCC(=O)O. The molecule has 13 heavy (non-hydrogen) atoms. The first-order valence-electron chi connectivity index (χ1n) is 5.19. The van der Waals surface area contributed by atoms with E-state index >= 15 is 0 Å². The number of aliphatic carboxylic acids is 1. The first-order valence-corrected chi connectivity index (χ1v) is 5.19. The topological polar surface area (TPSA) is 63.3 Å². The van der Waals surface area contributed by atoms with Gasteiger partial charge in [-0.15, -0.1) is 0 Å². The van der Waals surface area contributed by atoms with E-state index in [4.69, 9.17) is 10.8 Å². The Morgan fingerprint density at radius 1 is 0.923 bits per heavy atom. The molecule has 78 valence electrons. The van der Waals surface area contributed by atoms with Crippen molar-refractivity contribution in [2.24, 2.45) is 5.73 Å². The van der Waals surface area contributed by atoms with Gasteiger partial charge >= 0.3 is 5.97 Å². The number of unbranched alkanes of at least 4 members (excludes halogenated alkanes) is 6. The molecule has 3 heteroatoms. The highest BCUT2D eigenvalue weighted by molar-refractivity contribution is 5.66. The fourth-order valence-electron chi connectivity index (χ4n) is 1.30. The number of hydrogen-bond donors (Lipinski definition) is 2. The van der Waals surface area contributed by atoms with Crippen molar-refractivity contribution >= 4 is 5.97 Å². The molecule has 0 aromatic heterocycles. The molecule has 0 aromatic carbocycles. The molecule has 3 N–H and O–H groups in total. The predicted molar refractivity (Wildman–Crippen MR) is 53.6 cm³/mol. The van der Waals surface area contributed by atoms with Crippen LogP contribution in [0.3, 0.4) is 0 Å². The van der Waals surface area contributed by atoms with Crippen molar-refractivity contribution in [3.05, 3.63) is 0 Å². The van der Waals surface area contributed by atoms with E-state index in [1.807, 2.05) is 0 Å². The Morgan fingerprint density at radius 2 is 1.38 bits per heavy atom. The van der Waals surface area contributed by atoms with Crippen LogP contribution in [0, 0.1) is 0 Å². The van der Waals surface area contributed by atoms with Gasteiger partial charge in [0.25, 0.3) is 0 Å². The van der Waals surface area contributed by atoms with Crippen molar-refractivity contribution in [3.8, 4) is 0 Å². The molecular formula is C10H21NO2. The van der Waals surface area contributed by atoms with Gasteiger partial charge in [0.2, 0.25) is 0 Å². The Balaban J connectivity index is 2.87. The quantitative estimate of drug-likeness (QED) is 0.544. The fourth-order valence-corrected chi connectivity index (χ4v) is 1.30. The summed E-state index contributed by atoms with van der Waals surface area (Å²) in [7, 11) is 0. The van der Waals surface area contributed by atoms with Crippen molar-refractivity contribution in [1.29, 1.82) is 0 Å². The van der Waals surface area contributed by atoms with Crippen molar-refractivity contribution < 1.29 is 9.90 Å². The summed E-state index contributed by atoms with van der Waals surface area (Å²) in [6.45, 7) is 0.791. The number of rotatable bonds is 9. The Kier molecular flexibility index (Phi) is 9.10. The van der Waals surface area contributed by atoms with Crippen LogP contribution >= 0.6 is 0 Å². The third-order valence-electron chi connectivity index (χ3n) is 2.09. The molecule has 0 aliphatic carbocycles. The van der Waals surface area contributed by atoms with E-state index in [0.717, 1.165) is 32.2 Å². The average Bonchev–Trinajstić information content (AvgIpc) is 2.09. The third-order valence-corrected chi connectivity index (χ3v) is 2.09. The number of carbonyl (C=O) groups is 1. The van der Waals surface area contributed by atoms with E-state index in [1.54, 1.807) is 0 Å². The van der Waals surface area contributed by atoms with Gasteiger partial charge in [-0.25, -0.2) is 0 Å². The zero-order valence-corrected chi connectivity index (χ0v) is 8.30. The maximum absolute atomic E-state index is 10.2. The van der Waals surface area contributed by atoms with Crippen LogP contribution in [0.15, 0.2) is 0 Å². The Hall–Kier alpha value is -0.570. The van der Waals surface area contributed by atoms with Crippen molar-refractivity contribution in [1.82, 2.24) is 0 Å². The van der Waals surface area contributed by atoms with Gasteiger partial charge in [0.15, 0.2) is 0 Å². The second-order valence-corrected chi connectivity index (χ2v) is 3.41. The Labute approximate surface area is 80.3 Å². The van der Waals surface area contributed by atoms with Gasteiger partial charge in [0, 0.05) is 6.42 Å². The van der Waals surface area contributed by atoms with Gasteiger partial charge in [0.1, 0.15) is 0 Å². The lowest BCUT2D eigenvalue weighted by atomic mass is 10.1. The lowest BCUT2D eigenvalue weighted by molar-refractivity contribution is -0.137. The summed E-state index contributed by atoms with van der Waals surface area (Å²) in [5, 5.41) is 8.37. The number of hydrogen-bond acceptors (Lipinski definition) is 2. The first kappa shape index (κ1) is 12.4. The first-order chi connectivity index (χ1) is 6.27. The summed E-state index contributed by atoms with van der Waals surface area (Å²) >= 11 is 0. The minimum Gasteiger partial charge on any atom is -0.481 e. The van der Waals surface area contributed by atoms with Crippen LogP contribution in [-0.4, -0.2) is 17.6 Å². The maximum Gasteiger partial charge on any atom is 0.303 e. The molecule has 0 amide bonds. The lowest BCUT2D eigenvalue weighted by Gasteiger charge is -1.99. The van der Waals surface area contributed by atoms with Crippen molar-refractivity contribution in [3.63, 3.8) is 0 Å². The monoisotopic (exact) mass is 187 g/mol. The van der Waals surface area contributed by atoms with Gasteiger partial charge in [-0.3, -0.25) is 4.79 Å².